The first kappa shape index (κ1) is 96.0. The fourth-order valence-electron chi connectivity index (χ4n) is 10.4. The molecule has 5 atom stereocenters. The normalized spacial score (nSPS) is 14.4. The number of rotatable bonds is 74. The molecule has 3 N–H and O–H groups in total. The smallest absolute Gasteiger partial charge is 0.462 e. The summed E-state index contributed by atoms with van der Waals surface area (Å²) in [6.07, 6.45) is 76.8. The molecule has 0 aliphatic heterocycles. The van der Waals surface area contributed by atoms with Gasteiger partial charge < -0.3 is 33.8 Å². The first-order chi connectivity index (χ1) is 48.7. The standard InChI is InChI=1S/C81H142O17P2/c1-5-9-13-17-21-25-29-33-36-37-40-43-46-50-54-58-62-66-79(84)92-71-76(97-80(85)67-63-59-55-51-47-41-32-28-24-20-16-12-8-4)73-95-99(87,88)93-69-75(82)70-94-100(89,90)96-74-77(98-81(86)68-64-60-56-52-48-44-39-35-31-27-23-19-15-11-7-3)72-91-78(83)65-61-57-53-49-45-42-38-34-30-26-22-18-14-10-6-2/h21,23,25,27-28,32-36,38-40,43,50,54,75-77,82H,5-20,22,24,26,29-31,37,41-42,44-49,51-53,55-74H2,1-4H3,(H,87,88)(H,89,90)/b25-21-,27-23-,32-28-,36-33-,38-34-,39-35-,43-40-,54-50-/t75-,76+,77+/m0/s1. The number of aliphatic hydroxyl groups excluding tert-OH is 1. The van der Waals surface area contributed by atoms with Crippen molar-refractivity contribution in [3.05, 3.63) is 97.2 Å². The second-order valence-corrected chi connectivity index (χ2v) is 29.2. The van der Waals surface area contributed by atoms with Crippen LogP contribution >= 0.6 is 15.6 Å². The minimum Gasteiger partial charge on any atom is -0.462 e. The van der Waals surface area contributed by atoms with E-state index in [4.69, 9.17) is 37.0 Å². The first-order valence-electron chi connectivity index (χ1n) is 39.5. The van der Waals surface area contributed by atoms with E-state index in [1.807, 2.05) is 12.2 Å². The average molecular weight is 1450 g/mol. The Kier molecular flexibility index (Phi) is 70.4. The van der Waals surface area contributed by atoms with Gasteiger partial charge in [-0.15, -0.1) is 0 Å². The van der Waals surface area contributed by atoms with E-state index >= 15 is 0 Å². The molecule has 0 aromatic carbocycles. The summed E-state index contributed by atoms with van der Waals surface area (Å²) < 4.78 is 68.5. The molecule has 19 heteroatoms. The molecule has 0 saturated heterocycles. The minimum absolute atomic E-state index is 0.0730. The van der Waals surface area contributed by atoms with Crippen LogP contribution in [-0.2, 0) is 65.4 Å². The molecule has 100 heavy (non-hydrogen) atoms. The third-order valence-electron chi connectivity index (χ3n) is 16.5. The quantitative estimate of drug-likeness (QED) is 0.0169. The number of unbranched alkanes of at least 4 members (excludes halogenated alkanes) is 32. The number of allylic oxidation sites excluding steroid dienone is 16. The van der Waals surface area contributed by atoms with Crippen LogP contribution in [0, 0.1) is 0 Å². The summed E-state index contributed by atoms with van der Waals surface area (Å²) in [5.74, 6) is -2.26. The summed E-state index contributed by atoms with van der Waals surface area (Å²) in [5, 5.41) is 10.6. The molecule has 17 nitrogen and oxygen atoms in total. The van der Waals surface area contributed by atoms with Gasteiger partial charge in [-0.1, -0.05) is 260 Å². The zero-order chi connectivity index (χ0) is 73.2. The Morgan fingerprint density at radius 1 is 0.280 bits per heavy atom. The van der Waals surface area contributed by atoms with Crippen LogP contribution in [0.3, 0.4) is 0 Å². The van der Waals surface area contributed by atoms with Crippen LogP contribution in [0.5, 0.6) is 0 Å². The summed E-state index contributed by atoms with van der Waals surface area (Å²) in [6.45, 7) is 4.73. The lowest BCUT2D eigenvalue weighted by molar-refractivity contribution is -0.161. The van der Waals surface area contributed by atoms with Crippen LogP contribution in [0.2, 0.25) is 0 Å². The number of carbonyl (C=O) groups excluding carboxylic acids is 4. The van der Waals surface area contributed by atoms with Crippen molar-refractivity contribution in [3.8, 4) is 0 Å². The van der Waals surface area contributed by atoms with Crippen molar-refractivity contribution in [3.63, 3.8) is 0 Å². The molecule has 0 saturated carbocycles. The monoisotopic (exact) mass is 1450 g/mol. The lowest BCUT2D eigenvalue weighted by Gasteiger charge is -2.21. The van der Waals surface area contributed by atoms with Crippen LogP contribution in [0.25, 0.3) is 0 Å². The van der Waals surface area contributed by atoms with E-state index in [0.717, 1.165) is 148 Å². The van der Waals surface area contributed by atoms with Gasteiger partial charge in [-0.2, -0.15) is 0 Å². The molecule has 0 aromatic heterocycles. The van der Waals surface area contributed by atoms with E-state index in [1.54, 1.807) is 0 Å². The molecular formula is C81H142O17P2. The number of esters is 4. The zero-order valence-corrected chi connectivity index (χ0v) is 64.9. The molecular weight excluding hydrogens is 1310 g/mol. The number of ether oxygens (including phenoxy) is 4. The molecule has 0 radical (unpaired) electrons. The molecule has 578 valence electrons. The maximum absolute atomic E-state index is 13.1. The predicted molar refractivity (Wildman–Crippen MR) is 409 cm³/mol. The predicted octanol–water partition coefficient (Wildman–Crippen LogP) is 22.8. The highest BCUT2D eigenvalue weighted by molar-refractivity contribution is 7.47. The Morgan fingerprint density at radius 3 is 0.830 bits per heavy atom. The van der Waals surface area contributed by atoms with Gasteiger partial charge in [0.1, 0.15) is 19.3 Å². The summed E-state index contributed by atoms with van der Waals surface area (Å²) in [5.41, 5.74) is 0. The molecule has 0 bridgehead atoms. The van der Waals surface area contributed by atoms with Gasteiger partial charge in [-0.25, -0.2) is 9.13 Å². The summed E-state index contributed by atoms with van der Waals surface area (Å²) >= 11 is 0. The zero-order valence-electron chi connectivity index (χ0n) is 63.1. The van der Waals surface area contributed by atoms with Crippen molar-refractivity contribution in [2.24, 2.45) is 0 Å². The Labute approximate surface area is 607 Å². The topological polar surface area (TPSA) is 237 Å². The Hall–Kier alpha value is -4.02. The maximum Gasteiger partial charge on any atom is 0.472 e. The van der Waals surface area contributed by atoms with Crippen molar-refractivity contribution < 1.29 is 80.2 Å². The van der Waals surface area contributed by atoms with Gasteiger partial charge in [-0.05, 0) is 148 Å². The fourth-order valence-corrected chi connectivity index (χ4v) is 12.0. The Bertz CT molecular complexity index is 2270. The SMILES string of the molecule is CCCCC/C=C\C/C=C\C/C=C\C/C=C\CCCC(=O)OC[C@H](COP(=O)(O)OC[C@H](O)COP(=O)(O)OC[C@@H](COC(=O)CCCCCCC/C=C\CCCCCCCC)OC(=O)CCCCCCC/C=C\C/C=C\CCCCC)OC(=O)CCCCCCC/C=C\CCCCCC. The summed E-state index contributed by atoms with van der Waals surface area (Å²) in [4.78, 5) is 72.9. The second kappa shape index (κ2) is 73.3. The van der Waals surface area contributed by atoms with Gasteiger partial charge in [0.2, 0.25) is 0 Å². The van der Waals surface area contributed by atoms with Crippen LogP contribution in [0.15, 0.2) is 97.2 Å². The third-order valence-corrected chi connectivity index (χ3v) is 18.4. The van der Waals surface area contributed by atoms with Crippen molar-refractivity contribution >= 4 is 39.5 Å². The lowest BCUT2D eigenvalue weighted by atomic mass is 10.1. The maximum atomic E-state index is 13.1. The van der Waals surface area contributed by atoms with Crippen molar-refractivity contribution in [2.75, 3.05) is 39.6 Å². The average Bonchev–Trinajstić information content (AvgIpc) is 0.965. The van der Waals surface area contributed by atoms with Crippen LogP contribution in [0.4, 0.5) is 0 Å². The van der Waals surface area contributed by atoms with Crippen molar-refractivity contribution in [1.29, 1.82) is 0 Å². The van der Waals surface area contributed by atoms with E-state index in [-0.39, 0.29) is 25.7 Å². The highest BCUT2D eigenvalue weighted by Gasteiger charge is 2.30. The molecule has 0 aliphatic rings. The first-order valence-corrected chi connectivity index (χ1v) is 42.5. The van der Waals surface area contributed by atoms with E-state index in [1.165, 1.54) is 103 Å². The number of carbonyl (C=O) groups is 4. The highest BCUT2D eigenvalue weighted by atomic mass is 31.2. The number of hydrogen-bond donors (Lipinski definition) is 3. The molecule has 0 aromatic rings. The third kappa shape index (κ3) is 72.3. The molecule has 0 rings (SSSR count). The second-order valence-electron chi connectivity index (χ2n) is 26.3. The van der Waals surface area contributed by atoms with Gasteiger partial charge in [0.15, 0.2) is 12.2 Å². The molecule has 0 amide bonds. The van der Waals surface area contributed by atoms with Gasteiger partial charge >= 0.3 is 39.5 Å². The largest absolute Gasteiger partial charge is 0.472 e. The Morgan fingerprint density at radius 2 is 0.500 bits per heavy atom. The summed E-state index contributed by atoms with van der Waals surface area (Å²) in [6, 6.07) is 0. The number of phosphoric ester groups is 2. The van der Waals surface area contributed by atoms with E-state index in [0.29, 0.717) is 32.1 Å². The van der Waals surface area contributed by atoms with Crippen molar-refractivity contribution in [2.45, 2.75) is 354 Å². The van der Waals surface area contributed by atoms with Crippen LogP contribution < -0.4 is 0 Å². The van der Waals surface area contributed by atoms with Crippen molar-refractivity contribution in [1.82, 2.24) is 0 Å². The molecule has 2 unspecified atom stereocenters. The van der Waals surface area contributed by atoms with Gasteiger partial charge in [-0.3, -0.25) is 37.3 Å². The highest BCUT2D eigenvalue weighted by Crippen LogP contribution is 2.45. The van der Waals surface area contributed by atoms with Crippen LogP contribution in [-0.4, -0.2) is 96.7 Å². The molecule has 0 spiro atoms. The van der Waals surface area contributed by atoms with E-state index in [9.17, 15) is 43.2 Å². The number of aliphatic hydroxyl groups is 1. The summed E-state index contributed by atoms with van der Waals surface area (Å²) in [7, 11) is -9.97. The number of phosphoric acid groups is 2. The molecule has 0 fully saturated rings. The Balaban J connectivity index is 5.40. The van der Waals surface area contributed by atoms with Gasteiger partial charge in [0, 0.05) is 25.7 Å². The molecule has 0 aliphatic carbocycles. The van der Waals surface area contributed by atoms with E-state index in [2.05, 4.69) is 113 Å². The minimum atomic E-state index is -4.99. The van der Waals surface area contributed by atoms with Crippen LogP contribution in [0.1, 0.15) is 336 Å². The van der Waals surface area contributed by atoms with Gasteiger partial charge in [0.05, 0.1) is 26.4 Å². The number of hydrogen-bond acceptors (Lipinski definition) is 15. The van der Waals surface area contributed by atoms with E-state index < -0.39 is 97.5 Å². The lowest BCUT2D eigenvalue weighted by Crippen LogP contribution is -2.30. The fraction of sp³-hybridized carbons (Fsp3) is 0.753. The van der Waals surface area contributed by atoms with Gasteiger partial charge in [0.25, 0.3) is 0 Å². The molecule has 0 heterocycles.